The van der Waals surface area contributed by atoms with Crippen LogP contribution in [0.2, 0.25) is 0 Å². The zero-order valence-electron chi connectivity index (χ0n) is 16.2. The number of pyridine rings is 1. The lowest BCUT2D eigenvalue weighted by Crippen LogP contribution is -2.08. The Morgan fingerprint density at radius 1 is 0.828 bits per heavy atom. The number of allylic oxidation sites excluding steroid dienone is 5. The first kappa shape index (κ1) is 17.2. The van der Waals surface area contributed by atoms with Crippen molar-refractivity contribution in [1.82, 2.24) is 4.98 Å². The number of halogens is 1. The molecule has 0 saturated carbocycles. The first-order chi connectivity index (χ1) is 14.2. The van der Waals surface area contributed by atoms with E-state index in [0.717, 1.165) is 12.1 Å². The van der Waals surface area contributed by atoms with Gasteiger partial charge in [-0.3, -0.25) is 4.98 Å². The van der Waals surface area contributed by atoms with Crippen LogP contribution in [-0.4, -0.2) is 4.98 Å². The number of alkyl halides is 1. The summed E-state index contributed by atoms with van der Waals surface area (Å²) in [6, 6.07) is 22.0. The topological polar surface area (TPSA) is 12.9 Å². The average Bonchev–Trinajstić information content (AvgIpc) is 3.24. The summed E-state index contributed by atoms with van der Waals surface area (Å²) >= 11 is 3.94. The molecule has 0 N–H and O–H groups in total. The van der Waals surface area contributed by atoms with Crippen LogP contribution in [0.15, 0.2) is 95.2 Å². The van der Waals surface area contributed by atoms with Gasteiger partial charge in [0.2, 0.25) is 0 Å². The molecule has 1 nitrogen and oxygen atoms in total. The van der Waals surface area contributed by atoms with Crippen molar-refractivity contribution in [3.63, 3.8) is 0 Å². The van der Waals surface area contributed by atoms with E-state index in [-0.39, 0.29) is 4.83 Å². The van der Waals surface area contributed by atoms with Crippen LogP contribution in [0.25, 0.3) is 17.2 Å². The summed E-state index contributed by atoms with van der Waals surface area (Å²) < 4.78 is 0. The Balaban J connectivity index is 1.45. The SMILES string of the molecule is CC1=C(CC2c3ccccc3-c3ccccc32)C2=Cc3ncccc3C(Br)C2=C1. The Morgan fingerprint density at radius 2 is 1.48 bits per heavy atom. The fraction of sp³-hybridized carbons (Fsp3) is 0.148. The molecule has 0 saturated heterocycles. The molecule has 3 aromatic rings. The van der Waals surface area contributed by atoms with Crippen LogP contribution in [-0.2, 0) is 0 Å². The minimum absolute atomic E-state index is 0.210. The summed E-state index contributed by atoms with van der Waals surface area (Å²) in [5.41, 5.74) is 13.6. The van der Waals surface area contributed by atoms with Crippen LogP contribution in [0.4, 0.5) is 0 Å². The van der Waals surface area contributed by atoms with Crippen LogP contribution in [0.3, 0.4) is 0 Å². The van der Waals surface area contributed by atoms with Gasteiger partial charge in [-0.25, -0.2) is 0 Å². The van der Waals surface area contributed by atoms with E-state index in [1.165, 1.54) is 50.1 Å². The third-order valence-electron chi connectivity index (χ3n) is 6.55. The molecule has 3 aliphatic rings. The third kappa shape index (κ3) is 2.49. The summed E-state index contributed by atoms with van der Waals surface area (Å²) in [5, 5.41) is 0. The predicted octanol–water partition coefficient (Wildman–Crippen LogP) is 7.37. The molecule has 2 aromatic carbocycles. The van der Waals surface area contributed by atoms with Gasteiger partial charge in [0.15, 0.2) is 0 Å². The van der Waals surface area contributed by atoms with E-state index in [0.29, 0.717) is 5.92 Å². The van der Waals surface area contributed by atoms with Crippen molar-refractivity contribution in [2.75, 3.05) is 0 Å². The third-order valence-corrected chi connectivity index (χ3v) is 7.54. The van der Waals surface area contributed by atoms with E-state index in [9.17, 15) is 0 Å². The maximum absolute atomic E-state index is 4.64. The van der Waals surface area contributed by atoms with Crippen molar-refractivity contribution in [3.05, 3.63) is 118 Å². The second-order valence-corrected chi connectivity index (χ2v) is 9.01. The van der Waals surface area contributed by atoms with Gasteiger partial charge in [-0.1, -0.05) is 76.6 Å². The highest BCUT2D eigenvalue weighted by atomic mass is 79.9. The van der Waals surface area contributed by atoms with Crippen LogP contribution >= 0.6 is 15.9 Å². The second-order valence-electron chi connectivity index (χ2n) is 8.09. The standard InChI is InChI=1S/C27H20BrN/c1-16-13-25-24(15-26-21(27(25)28)11-6-12-29-26)22(16)14-23-19-9-4-2-7-17(19)18-8-3-5-10-20(18)23/h2-13,15,23,27H,14H2,1H3. The minimum atomic E-state index is 0.210. The zero-order valence-corrected chi connectivity index (χ0v) is 17.8. The van der Waals surface area contributed by atoms with Gasteiger partial charge in [0.05, 0.1) is 10.5 Å². The molecular weight excluding hydrogens is 418 g/mol. The minimum Gasteiger partial charge on any atom is -0.257 e. The van der Waals surface area contributed by atoms with E-state index < -0.39 is 0 Å². The monoisotopic (exact) mass is 437 g/mol. The number of nitrogens with zero attached hydrogens (tertiary/aromatic N) is 1. The Labute approximate surface area is 179 Å². The van der Waals surface area contributed by atoms with E-state index >= 15 is 0 Å². The van der Waals surface area contributed by atoms with Gasteiger partial charge < -0.3 is 0 Å². The molecule has 6 rings (SSSR count). The van der Waals surface area contributed by atoms with Gasteiger partial charge in [-0.15, -0.1) is 0 Å². The van der Waals surface area contributed by atoms with Crippen LogP contribution < -0.4 is 0 Å². The number of hydrogen-bond donors (Lipinski definition) is 0. The molecule has 0 fully saturated rings. The molecule has 1 heterocycles. The van der Waals surface area contributed by atoms with E-state index in [4.69, 9.17) is 0 Å². The Hall–Kier alpha value is -2.71. The number of aromatic nitrogens is 1. The van der Waals surface area contributed by atoms with Crippen molar-refractivity contribution in [1.29, 1.82) is 0 Å². The molecular formula is C27H20BrN. The highest BCUT2D eigenvalue weighted by Crippen LogP contribution is 2.53. The predicted molar refractivity (Wildman–Crippen MR) is 123 cm³/mol. The lowest BCUT2D eigenvalue weighted by atomic mass is 9.83. The van der Waals surface area contributed by atoms with Gasteiger partial charge in [0.1, 0.15) is 0 Å². The van der Waals surface area contributed by atoms with Crippen molar-refractivity contribution in [3.8, 4) is 11.1 Å². The molecule has 140 valence electrons. The van der Waals surface area contributed by atoms with Gasteiger partial charge in [0, 0.05) is 12.1 Å². The number of fused-ring (bicyclic) bond motifs is 5. The molecule has 0 radical (unpaired) electrons. The fourth-order valence-electron chi connectivity index (χ4n) is 5.19. The lowest BCUT2D eigenvalue weighted by molar-refractivity contribution is 0.820. The van der Waals surface area contributed by atoms with Crippen LogP contribution in [0.1, 0.15) is 46.5 Å². The second kappa shape index (κ2) is 6.40. The first-order valence-corrected chi connectivity index (χ1v) is 11.0. The molecule has 29 heavy (non-hydrogen) atoms. The van der Waals surface area contributed by atoms with Gasteiger partial charge in [0.25, 0.3) is 0 Å². The van der Waals surface area contributed by atoms with Crippen molar-refractivity contribution in [2.45, 2.75) is 24.1 Å². The van der Waals surface area contributed by atoms with Crippen molar-refractivity contribution < 1.29 is 0 Å². The van der Waals surface area contributed by atoms with Gasteiger partial charge in [-0.05, 0) is 75.6 Å². The smallest absolute Gasteiger partial charge is 0.0682 e. The molecule has 0 spiro atoms. The van der Waals surface area contributed by atoms with E-state index in [1.807, 2.05) is 12.3 Å². The maximum Gasteiger partial charge on any atom is 0.0682 e. The van der Waals surface area contributed by atoms with Crippen molar-refractivity contribution in [2.24, 2.45) is 0 Å². The normalized spacial score (nSPS) is 19.3. The molecule has 0 bridgehead atoms. The summed E-state index contributed by atoms with van der Waals surface area (Å²) in [7, 11) is 0. The molecule has 0 amide bonds. The fourth-order valence-corrected chi connectivity index (χ4v) is 5.95. The summed E-state index contributed by atoms with van der Waals surface area (Å²) in [6.07, 6.45) is 7.56. The molecule has 3 aliphatic carbocycles. The molecule has 1 atom stereocenters. The van der Waals surface area contributed by atoms with Crippen LogP contribution in [0.5, 0.6) is 0 Å². The number of rotatable bonds is 2. The molecule has 0 aliphatic heterocycles. The Bertz CT molecular complexity index is 1220. The summed E-state index contributed by atoms with van der Waals surface area (Å²) in [4.78, 5) is 4.85. The molecule has 1 unspecified atom stereocenters. The quantitative estimate of drug-likeness (QED) is 0.381. The number of benzene rings is 2. The van der Waals surface area contributed by atoms with Crippen LogP contribution in [0, 0.1) is 0 Å². The largest absolute Gasteiger partial charge is 0.257 e. The van der Waals surface area contributed by atoms with Crippen molar-refractivity contribution >= 4 is 22.0 Å². The average molecular weight is 438 g/mol. The highest BCUT2D eigenvalue weighted by Gasteiger charge is 2.34. The zero-order chi connectivity index (χ0) is 19.5. The molecule has 1 aromatic heterocycles. The number of hydrogen-bond acceptors (Lipinski definition) is 1. The summed E-state index contributed by atoms with van der Waals surface area (Å²) in [5.74, 6) is 0.403. The first-order valence-electron chi connectivity index (χ1n) is 10.1. The van der Waals surface area contributed by atoms with E-state index in [1.54, 1.807) is 0 Å². The Morgan fingerprint density at radius 3 is 2.21 bits per heavy atom. The molecule has 2 heteroatoms. The summed E-state index contributed by atoms with van der Waals surface area (Å²) in [6.45, 7) is 2.26. The maximum atomic E-state index is 4.64. The lowest BCUT2D eigenvalue weighted by Gasteiger charge is -2.24. The van der Waals surface area contributed by atoms with E-state index in [2.05, 4.69) is 94.6 Å². The highest BCUT2D eigenvalue weighted by molar-refractivity contribution is 9.09. The Kier molecular flexibility index (Phi) is 3.79. The van der Waals surface area contributed by atoms with Gasteiger partial charge in [-0.2, -0.15) is 0 Å². The van der Waals surface area contributed by atoms with Gasteiger partial charge >= 0.3 is 0 Å².